The number of hydrogen-bond donors (Lipinski definition) is 1. The minimum atomic E-state index is -0.276. The van der Waals surface area contributed by atoms with Crippen molar-refractivity contribution in [3.63, 3.8) is 0 Å². The zero-order chi connectivity index (χ0) is 14.1. The maximum Gasteiger partial charge on any atom is 0.137 e. The molecule has 3 rings (SSSR count). The Morgan fingerprint density at radius 2 is 2.25 bits per heavy atom. The molecule has 4 nitrogen and oxygen atoms in total. The van der Waals surface area contributed by atoms with E-state index in [1.54, 1.807) is 0 Å². The zero-order valence-electron chi connectivity index (χ0n) is 11.9. The minimum absolute atomic E-state index is 0.239. The van der Waals surface area contributed by atoms with Gasteiger partial charge in [-0.15, -0.1) is 11.3 Å². The van der Waals surface area contributed by atoms with Gasteiger partial charge in [0.2, 0.25) is 0 Å². The number of hydrogen-bond acceptors (Lipinski definition) is 5. The average molecular weight is 292 g/mol. The summed E-state index contributed by atoms with van der Waals surface area (Å²) in [6, 6.07) is 6.29. The average Bonchev–Trinajstić information content (AvgIpc) is 3.05. The van der Waals surface area contributed by atoms with Gasteiger partial charge in [0, 0.05) is 47.8 Å². The maximum atomic E-state index is 10.2. The van der Waals surface area contributed by atoms with Crippen LogP contribution in [0.1, 0.15) is 21.2 Å². The third-order valence-electron chi connectivity index (χ3n) is 3.80. The number of rotatable bonds is 4. The molecule has 1 fully saturated rings. The van der Waals surface area contributed by atoms with Crippen LogP contribution >= 0.6 is 11.3 Å². The van der Waals surface area contributed by atoms with Gasteiger partial charge in [-0.1, -0.05) is 5.16 Å². The summed E-state index contributed by atoms with van der Waals surface area (Å²) in [5.74, 6) is 1.11. The molecule has 0 spiro atoms. The fraction of sp³-hybridized carbons (Fsp3) is 0.533. The number of nitrogens with zero attached hydrogens (tertiary/aromatic N) is 2. The number of aliphatic hydroxyl groups excluding tert-OH is 1. The SMILES string of the molecule is Cc1cc(C[C@@H]2CN(Cc3ccc(C)s3)C[C@@H]2O)on1. The van der Waals surface area contributed by atoms with Crippen LogP contribution in [0.15, 0.2) is 22.7 Å². The van der Waals surface area contributed by atoms with Gasteiger partial charge in [0.1, 0.15) is 5.76 Å². The summed E-state index contributed by atoms with van der Waals surface area (Å²) in [6.07, 6.45) is 0.489. The predicted octanol–water partition coefficient (Wildman–Crippen LogP) is 2.39. The normalized spacial score (nSPS) is 23.6. The fourth-order valence-electron chi connectivity index (χ4n) is 2.83. The van der Waals surface area contributed by atoms with Crippen molar-refractivity contribution in [2.75, 3.05) is 13.1 Å². The third kappa shape index (κ3) is 3.11. The van der Waals surface area contributed by atoms with Crippen molar-refractivity contribution >= 4 is 11.3 Å². The molecule has 108 valence electrons. The Balaban J connectivity index is 1.59. The van der Waals surface area contributed by atoms with Gasteiger partial charge in [-0.25, -0.2) is 0 Å². The fourth-order valence-corrected chi connectivity index (χ4v) is 3.77. The standard InChI is InChI=1S/C15H20N2O2S/c1-10-5-13(19-16-10)6-12-7-17(9-15(12)18)8-14-4-3-11(2)20-14/h3-5,12,15,18H,6-9H2,1-2H3/t12-,15+/m1/s1. The molecule has 5 heteroatoms. The van der Waals surface area contributed by atoms with Crippen LogP contribution in [-0.4, -0.2) is 34.4 Å². The molecule has 0 saturated carbocycles. The second-order valence-corrected chi connectivity index (χ2v) is 7.05. The summed E-state index contributed by atoms with van der Waals surface area (Å²) < 4.78 is 5.25. The van der Waals surface area contributed by atoms with Gasteiger partial charge in [0.15, 0.2) is 0 Å². The summed E-state index contributed by atoms with van der Waals surface area (Å²) in [4.78, 5) is 5.03. The molecule has 0 aliphatic carbocycles. The van der Waals surface area contributed by atoms with Crippen molar-refractivity contribution < 1.29 is 9.63 Å². The van der Waals surface area contributed by atoms with E-state index in [2.05, 4.69) is 29.1 Å². The monoisotopic (exact) mass is 292 g/mol. The first kappa shape index (κ1) is 13.8. The summed E-state index contributed by atoms with van der Waals surface area (Å²) in [5, 5.41) is 14.1. The molecule has 2 atom stereocenters. The van der Waals surface area contributed by atoms with Crippen molar-refractivity contribution in [3.8, 4) is 0 Å². The molecule has 0 unspecified atom stereocenters. The van der Waals surface area contributed by atoms with E-state index in [0.717, 1.165) is 37.5 Å². The first-order chi connectivity index (χ1) is 9.60. The van der Waals surface area contributed by atoms with E-state index < -0.39 is 0 Å². The Bertz CT molecular complexity index is 578. The molecular formula is C15H20N2O2S. The molecule has 0 amide bonds. The Morgan fingerprint density at radius 3 is 2.90 bits per heavy atom. The molecule has 0 aromatic carbocycles. The highest BCUT2D eigenvalue weighted by Gasteiger charge is 2.32. The largest absolute Gasteiger partial charge is 0.391 e. The highest BCUT2D eigenvalue weighted by Crippen LogP contribution is 2.25. The number of β-amino-alcohol motifs (C(OH)–C–C–N with tert-alkyl or cyclic N) is 1. The highest BCUT2D eigenvalue weighted by molar-refractivity contribution is 7.11. The number of aliphatic hydroxyl groups is 1. The van der Waals surface area contributed by atoms with Crippen molar-refractivity contribution in [1.29, 1.82) is 0 Å². The predicted molar refractivity (Wildman–Crippen MR) is 78.8 cm³/mol. The Morgan fingerprint density at radius 1 is 1.40 bits per heavy atom. The second kappa shape index (κ2) is 5.68. The summed E-state index contributed by atoms with van der Waals surface area (Å²) in [7, 11) is 0. The zero-order valence-corrected chi connectivity index (χ0v) is 12.7. The van der Waals surface area contributed by atoms with Gasteiger partial charge in [-0.05, 0) is 26.0 Å². The lowest BCUT2D eigenvalue weighted by Crippen LogP contribution is -2.20. The molecule has 1 N–H and O–H groups in total. The summed E-state index contributed by atoms with van der Waals surface area (Å²) in [5.41, 5.74) is 0.901. The third-order valence-corrected chi connectivity index (χ3v) is 4.78. The molecule has 1 aliphatic rings. The molecule has 1 saturated heterocycles. The molecule has 0 radical (unpaired) electrons. The second-order valence-electron chi connectivity index (χ2n) is 5.67. The van der Waals surface area contributed by atoms with Crippen LogP contribution in [-0.2, 0) is 13.0 Å². The van der Waals surface area contributed by atoms with Gasteiger partial charge < -0.3 is 9.63 Å². The van der Waals surface area contributed by atoms with E-state index in [1.165, 1.54) is 9.75 Å². The molecule has 1 aliphatic heterocycles. The minimum Gasteiger partial charge on any atom is -0.391 e. The van der Waals surface area contributed by atoms with E-state index in [1.807, 2.05) is 24.3 Å². The van der Waals surface area contributed by atoms with E-state index in [9.17, 15) is 5.11 Å². The van der Waals surface area contributed by atoms with Gasteiger partial charge in [-0.2, -0.15) is 0 Å². The van der Waals surface area contributed by atoms with Crippen molar-refractivity contribution in [3.05, 3.63) is 39.4 Å². The lowest BCUT2D eigenvalue weighted by atomic mass is 10.0. The molecule has 2 aromatic heterocycles. The van der Waals surface area contributed by atoms with E-state index in [4.69, 9.17) is 4.52 Å². The van der Waals surface area contributed by atoms with Crippen LogP contribution in [0.25, 0.3) is 0 Å². The molecule has 3 heterocycles. The van der Waals surface area contributed by atoms with Gasteiger partial charge in [-0.3, -0.25) is 4.90 Å². The van der Waals surface area contributed by atoms with Crippen molar-refractivity contribution in [2.45, 2.75) is 32.9 Å². The summed E-state index contributed by atoms with van der Waals surface area (Å²) in [6.45, 7) is 6.64. The van der Waals surface area contributed by atoms with Gasteiger partial charge >= 0.3 is 0 Å². The van der Waals surface area contributed by atoms with Crippen molar-refractivity contribution in [1.82, 2.24) is 10.1 Å². The van der Waals surface area contributed by atoms with E-state index in [0.29, 0.717) is 0 Å². The lowest BCUT2D eigenvalue weighted by molar-refractivity contribution is 0.137. The first-order valence-electron chi connectivity index (χ1n) is 6.98. The number of aryl methyl sites for hydroxylation is 2. The summed E-state index contributed by atoms with van der Waals surface area (Å²) >= 11 is 1.83. The van der Waals surface area contributed by atoms with Crippen LogP contribution in [0, 0.1) is 19.8 Å². The van der Waals surface area contributed by atoms with Gasteiger partial charge in [0.25, 0.3) is 0 Å². The van der Waals surface area contributed by atoms with E-state index >= 15 is 0 Å². The van der Waals surface area contributed by atoms with Crippen molar-refractivity contribution in [2.24, 2.45) is 5.92 Å². The first-order valence-corrected chi connectivity index (χ1v) is 7.80. The maximum absolute atomic E-state index is 10.2. The Hall–Kier alpha value is -1.17. The van der Waals surface area contributed by atoms with Crippen LogP contribution in [0.4, 0.5) is 0 Å². The number of likely N-dealkylation sites (tertiary alicyclic amines) is 1. The van der Waals surface area contributed by atoms with E-state index in [-0.39, 0.29) is 12.0 Å². The highest BCUT2D eigenvalue weighted by atomic mass is 32.1. The molecule has 0 bridgehead atoms. The Kier molecular flexibility index (Phi) is 3.92. The molecule has 2 aromatic rings. The Labute approximate surface area is 123 Å². The van der Waals surface area contributed by atoms with Gasteiger partial charge in [0.05, 0.1) is 11.8 Å². The van der Waals surface area contributed by atoms with Crippen LogP contribution < -0.4 is 0 Å². The smallest absolute Gasteiger partial charge is 0.137 e. The topological polar surface area (TPSA) is 49.5 Å². The number of aromatic nitrogens is 1. The number of thiophene rings is 1. The van der Waals surface area contributed by atoms with Crippen LogP contribution in [0.3, 0.4) is 0 Å². The molecule has 20 heavy (non-hydrogen) atoms. The quantitative estimate of drug-likeness (QED) is 0.940. The molecular weight excluding hydrogens is 272 g/mol. The van der Waals surface area contributed by atoms with Crippen LogP contribution in [0.2, 0.25) is 0 Å². The van der Waals surface area contributed by atoms with Crippen LogP contribution in [0.5, 0.6) is 0 Å². The lowest BCUT2D eigenvalue weighted by Gasteiger charge is -2.13.